The van der Waals surface area contributed by atoms with Crippen molar-refractivity contribution in [2.45, 2.75) is 39.2 Å². The zero-order valence-corrected chi connectivity index (χ0v) is 18.2. The van der Waals surface area contributed by atoms with Gasteiger partial charge in [0, 0.05) is 11.6 Å². The third kappa shape index (κ3) is 3.70. The molecule has 0 radical (unpaired) electrons. The summed E-state index contributed by atoms with van der Waals surface area (Å²) in [6, 6.07) is 13.2. The van der Waals surface area contributed by atoms with E-state index in [9.17, 15) is 19.1 Å². The summed E-state index contributed by atoms with van der Waals surface area (Å²) in [6.45, 7) is 7.93. The number of rotatable bonds is 3. The number of aromatic nitrogens is 1. The van der Waals surface area contributed by atoms with Crippen molar-refractivity contribution in [1.82, 2.24) is 5.16 Å². The van der Waals surface area contributed by atoms with Gasteiger partial charge < -0.3 is 9.63 Å². The predicted molar refractivity (Wildman–Crippen MR) is 118 cm³/mol. The van der Waals surface area contributed by atoms with Crippen LogP contribution in [0.3, 0.4) is 0 Å². The molecule has 6 nitrogen and oxygen atoms in total. The monoisotopic (exact) mass is 434 g/mol. The number of benzene rings is 2. The second-order valence-corrected chi connectivity index (χ2v) is 8.84. The summed E-state index contributed by atoms with van der Waals surface area (Å²) in [5.41, 5.74) is 1.76. The Labute approximate surface area is 185 Å². The van der Waals surface area contributed by atoms with Gasteiger partial charge in [-0.05, 0) is 47.7 Å². The number of carbonyl (C=O) groups excluding carboxylic acids is 2. The molecule has 0 spiro atoms. The van der Waals surface area contributed by atoms with Crippen LogP contribution in [-0.2, 0) is 15.0 Å². The Morgan fingerprint density at radius 2 is 1.69 bits per heavy atom. The highest BCUT2D eigenvalue weighted by Gasteiger charge is 2.48. The van der Waals surface area contributed by atoms with Crippen LogP contribution in [0, 0.1) is 12.7 Å². The van der Waals surface area contributed by atoms with Crippen molar-refractivity contribution >= 4 is 23.3 Å². The minimum atomic E-state index is -0.918. The number of aliphatic hydroxyl groups excluding tert-OH is 1. The van der Waals surface area contributed by atoms with Crippen LogP contribution in [0.25, 0.3) is 5.76 Å². The van der Waals surface area contributed by atoms with E-state index in [0.717, 1.165) is 5.56 Å². The molecule has 1 N–H and O–H groups in total. The molecule has 32 heavy (non-hydrogen) atoms. The van der Waals surface area contributed by atoms with Gasteiger partial charge in [-0.1, -0.05) is 50.2 Å². The Morgan fingerprint density at radius 3 is 2.22 bits per heavy atom. The summed E-state index contributed by atoms with van der Waals surface area (Å²) in [6.07, 6.45) is 0. The molecular weight excluding hydrogens is 411 g/mol. The Balaban J connectivity index is 1.91. The Morgan fingerprint density at radius 1 is 1.06 bits per heavy atom. The molecule has 1 saturated heterocycles. The van der Waals surface area contributed by atoms with Crippen molar-refractivity contribution in [2.24, 2.45) is 0 Å². The third-order valence-corrected chi connectivity index (χ3v) is 5.52. The number of hydrogen-bond donors (Lipinski definition) is 1. The van der Waals surface area contributed by atoms with Crippen molar-refractivity contribution < 1.29 is 23.6 Å². The lowest BCUT2D eigenvalue weighted by Gasteiger charge is -2.24. The van der Waals surface area contributed by atoms with Crippen molar-refractivity contribution in [2.75, 3.05) is 4.90 Å². The van der Waals surface area contributed by atoms with E-state index < -0.39 is 23.5 Å². The van der Waals surface area contributed by atoms with Crippen LogP contribution < -0.4 is 4.90 Å². The smallest absolute Gasteiger partial charge is 0.301 e. The molecule has 0 aliphatic carbocycles. The second-order valence-electron chi connectivity index (χ2n) is 8.84. The molecule has 1 amide bonds. The number of amides is 1. The number of anilines is 1. The summed E-state index contributed by atoms with van der Waals surface area (Å²) < 4.78 is 18.5. The molecule has 0 unspecified atom stereocenters. The van der Waals surface area contributed by atoms with Gasteiger partial charge in [-0.2, -0.15) is 0 Å². The fraction of sp³-hybridized carbons (Fsp3) is 0.240. The fourth-order valence-corrected chi connectivity index (χ4v) is 3.78. The van der Waals surface area contributed by atoms with Gasteiger partial charge in [0.25, 0.3) is 5.78 Å². The number of Topliss-reactive ketones (excluding diaryl/α,β-unsaturated/α-hetero) is 1. The van der Waals surface area contributed by atoms with Gasteiger partial charge in [-0.3, -0.25) is 14.5 Å². The molecule has 1 atom stereocenters. The van der Waals surface area contributed by atoms with Crippen LogP contribution in [0.15, 0.2) is 64.7 Å². The van der Waals surface area contributed by atoms with Gasteiger partial charge >= 0.3 is 5.91 Å². The zero-order valence-electron chi connectivity index (χ0n) is 18.2. The molecule has 0 bridgehead atoms. The van der Waals surface area contributed by atoms with Gasteiger partial charge in [0.2, 0.25) is 0 Å². The molecular formula is C25H23FN2O4. The van der Waals surface area contributed by atoms with Crippen molar-refractivity contribution in [3.05, 3.63) is 88.4 Å². The summed E-state index contributed by atoms with van der Waals surface area (Å²) in [7, 11) is 0. The predicted octanol–water partition coefficient (Wildman–Crippen LogP) is 5.05. The lowest BCUT2D eigenvalue weighted by atomic mass is 9.85. The normalized spacial score (nSPS) is 18.4. The molecule has 2 aromatic carbocycles. The van der Waals surface area contributed by atoms with E-state index in [4.69, 9.17) is 4.52 Å². The van der Waals surface area contributed by atoms with Crippen LogP contribution >= 0.6 is 0 Å². The molecule has 1 aliphatic heterocycles. The first-order chi connectivity index (χ1) is 15.1. The zero-order chi connectivity index (χ0) is 23.2. The Bertz CT molecular complexity index is 1220. The second kappa shape index (κ2) is 7.75. The van der Waals surface area contributed by atoms with E-state index in [1.165, 1.54) is 29.2 Å². The van der Waals surface area contributed by atoms with Crippen LogP contribution in [0.1, 0.15) is 49.3 Å². The highest BCUT2D eigenvalue weighted by Crippen LogP contribution is 2.42. The van der Waals surface area contributed by atoms with E-state index in [0.29, 0.717) is 11.3 Å². The lowest BCUT2D eigenvalue weighted by molar-refractivity contribution is -0.132. The molecule has 1 fully saturated rings. The Hall–Kier alpha value is -3.74. The molecule has 4 rings (SSSR count). The molecule has 7 heteroatoms. The topological polar surface area (TPSA) is 83.6 Å². The minimum absolute atomic E-state index is 0.0856. The first kappa shape index (κ1) is 21.5. The van der Waals surface area contributed by atoms with Gasteiger partial charge in [-0.15, -0.1) is 0 Å². The highest BCUT2D eigenvalue weighted by molar-refractivity contribution is 6.51. The van der Waals surface area contributed by atoms with Gasteiger partial charge in [0.05, 0.1) is 11.6 Å². The molecule has 3 aromatic rings. The molecule has 1 aliphatic rings. The van der Waals surface area contributed by atoms with Crippen molar-refractivity contribution in [3.63, 3.8) is 0 Å². The summed E-state index contributed by atoms with van der Waals surface area (Å²) in [4.78, 5) is 27.3. The first-order valence-corrected chi connectivity index (χ1v) is 10.2. The number of aliphatic hydroxyl groups is 1. The average Bonchev–Trinajstić information content (AvgIpc) is 3.28. The van der Waals surface area contributed by atoms with Crippen molar-refractivity contribution in [1.29, 1.82) is 0 Å². The SMILES string of the molecule is Cc1cc(N2C(=O)C(=O)/C(=C(/O)c3ccc(F)cc3)[C@@H]2c2ccc(C(C)(C)C)cc2)no1. The number of carbonyl (C=O) groups is 2. The van der Waals surface area contributed by atoms with Gasteiger partial charge in [0.15, 0.2) is 5.82 Å². The number of ketones is 1. The number of aryl methyl sites for hydroxylation is 1. The molecule has 0 saturated carbocycles. The van der Waals surface area contributed by atoms with Gasteiger partial charge in [-0.25, -0.2) is 4.39 Å². The molecule has 2 heterocycles. The minimum Gasteiger partial charge on any atom is -0.507 e. The summed E-state index contributed by atoms with van der Waals surface area (Å²) in [5, 5.41) is 14.9. The maximum absolute atomic E-state index is 13.4. The maximum atomic E-state index is 13.4. The third-order valence-electron chi connectivity index (χ3n) is 5.52. The lowest BCUT2D eigenvalue weighted by Crippen LogP contribution is -2.29. The van der Waals surface area contributed by atoms with Crippen molar-refractivity contribution in [3.8, 4) is 0 Å². The molecule has 164 valence electrons. The molecule has 1 aromatic heterocycles. The summed E-state index contributed by atoms with van der Waals surface area (Å²) in [5.74, 6) is -1.88. The highest BCUT2D eigenvalue weighted by atomic mass is 19.1. The van der Waals surface area contributed by atoms with Crippen LogP contribution in [0.4, 0.5) is 10.2 Å². The van der Waals surface area contributed by atoms with Crippen LogP contribution in [0.5, 0.6) is 0 Å². The number of hydrogen-bond acceptors (Lipinski definition) is 5. The van der Waals surface area contributed by atoms with E-state index in [2.05, 4.69) is 25.9 Å². The number of halogens is 1. The van der Waals surface area contributed by atoms with E-state index in [-0.39, 0.29) is 28.1 Å². The average molecular weight is 434 g/mol. The van der Waals surface area contributed by atoms with E-state index >= 15 is 0 Å². The van der Waals surface area contributed by atoms with Gasteiger partial charge in [0.1, 0.15) is 17.3 Å². The summed E-state index contributed by atoms with van der Waals surface area (Å²) >= 11 is 0. The van der Waals surface area contributed by atoms with Crippen LogP contribution in [-0.4, -0.2) is 22.0 Å². The van der Waals surface area contributed by atoms with Crippen LogP contribution in [0.2, 0.25) is 0 Å². The maximum Gasteiger partial charge on any atom is 0.301 e. The first-order valence-electron chi connectivity index (χ1n) is 10.2. The van der Waals surface area contributed by atoms with E-state index in [1.807, 2.05) is 24.3 Å². The fourth-order valence-electron chi connectivity index (χ4n) is 3.78. The largest absolute Gasteiger partial charge is 0.507 e. The quantitative estimate of drug-likeness (QED) is 0.354. The van der Waals surface area contributed by atoms with E-state index in [1.54, 1.807) is 13.0 Å². The number of nitrogens with zero attached hydrogens (tertiary/aromatic N) is 2. The standard InChI is InChI=1S/C25H23FN2O4/c1-14-13-19(27-32-14)28-21(15-5-9-17(10-6-15)25(2,3)4)20(23(30)24(28)31)22(29)16-7-11-18(26)12-8-16/h5-13,21,29H,1-4H3/b22-20+/t21-/m0/s1. The Kier molecular flexibility index (Phi) is 5.20.